The first-order valence-electron chi connectivity index (χ1n) is 7.16. The smallest absolute Gasteiger partial charge is 0.256 e. The summed E-state index contributed by atoms with van der Waals surface area (Å²) < 4.78 is 5.25. The van der Waals surface area contributed by atoms with E-state index in [0.29, 0.717) is 17.3 Å². The van der Waals surface area contributed by atoms with Crippen molar-refractivity contribution >= 4 is 11.7 Å². The molecule has 0 aliphatic rings. The van der Waals surface area contributed by atoms with Gasteiger partial charge in [-0.05, 0) is 23.6 Å². The van der Waals surface area contributed by atoms with Crippen LogP contribution in [0.4, 0.5) is 5.82 Å². The van der Waals surface area contributed by atoms with Crippen molar-refractivity contribution in [2.24, 2.45) is 0 Å². The molecule has 0 saturated carbocycles. The number of carbonyl (C=O) groups excluding carboxylic acids is 1. The van der Waals surface area contributed by atoms with Gasteiger partial charge in [0.25, 0.3) is 5.91 Å². The molecule has 1 N–H and O–H groups in total. The number of hydrogen-bond acceptors (Lipinski definition) is 3. The largest absolute Gasteiger partial charge is 0.359 e. The number of rotatable bonds is 3. The SMILES string of the molecule is CC(C)c1ccc(C(=O)Nc2cc(C(C)(C)C)on2)cc1. The summed E-state index contributed by atoms with van der Waals surface area (Å²) in [6, 6.07) is 9.37. The van der Waals surface area contributed by atoms with E-state index in [1.807, 2.05) is 45.0 Å². The Hall–Kier alpha value is -2.10. The maximum absolute atomic E-state index is 12.2. The van der Waals surface area contributed by atoms with Gasteiger partial charge >= 0.3 is 0 Å². The van der Waals surface area contributed by atoms with Gasteiger partial charge in [0.1, 0.15) is 5.76 Å². The van der Waals surface area contributed by atoms with Crippen molar-refractivity contribution in [2.45, 2.75) is 46.0 Å². The molecule has 1 aromatic carbocycles. The van der Waals surface area contributed by atoms with Crippen LogP contribution in [-0.2, 0) is 5.41 Å². The fourth-order valence-corrected chi connectivity index (χ4v) is 1.90. The van der Waals surface area contributed by atoms with Crippen LogP contribution in [0.25, 0.3) is 0 Å². The Kier molecular flexibility index (Phi) is 4.16. The number of nitrogens with zero attached hydrogens (tertiary/aromatic N) is 1. The Labute approximate surface area is 125 Å². The molecule has 0 atom stereocenters. The molecule has 0 saturated heterocycles. The Morgan fingerprint density at radius 1 is 1.19 bits per heavy atom. The maximum atomic E-state index is 12.2. The van der Waals surface area contributed by atoms with Crippen LogP contribution in [0.15, 0.2) is 34.9 Å². The van der Waals surface area contributed by atoms with E-state index in [0.717, 1.165) is 5.76 Å². The molecule has 4 nitrogen and oxygen atoms in total. The van der Waals surface area contributed by atoms with Crippen molar-refractivity contribution in [3.05, 3.63) is 47.2 Å². The van der Waals surface area contributed by atoms with Crippen molar-refractivity contribution in [3.63, 3.8) is 0 Å². The predicted octanol–water partition coefficient (Wildman–Crippen LogP) is 4.35. The van der Waals surface area contributed by atoms with E-state index in [9.17, 15) is 4.79 Å². The molecule has 0 aliphatic carbocycles. The van der Waals surface area contributed by atoms with Crippen molar-refractivity contribution in [2.75, 3.05) is 5.32 Å². The van der Waals surface area contributed by atoms with Crippen LogP contribution in [0.3, 0.4) is 0 Å². The molecular formula is C17H22N2O2. The fourth-order valence-electron chi connectivity index (χ4n) is 1.90. The van der Waals surface area contributed by atoms with Crippen molar-refractivity contribution in [1.82, 2.24) is 5.16 Å². The average Bonchev–Trinajstić information content (AvgIpc) is 2.87. The molecule has 0 radical (unpaired) electrons. The predicted molar refractivity (Wildman–Crippen MR) is 83.7 cm³/mol. The van der Waals surface area contributed by atoms with Gasteiger partial charge in [-0.15, -0.1) is 0 Å². The third kappa shape index (κ3) is 3.72. The first-order valence-corrected chi connectivity index (χ1v) is 7.16. The molecule has 1 heterocycles. The maximum Gasteiger partial charge on any atom is 0.256 e. The first kappa shape index (κ1) is 15.3. The lowest BCUT2D eigenvalue weighted by Gasteiger charge is -2.12. The zero-order chi connectivity index (χ0) is 15.6. The lowest BCUT2D eigenvalue weighted by Crippen LogP contribution is -2.12. The number of carbonyl (C=O) groups is 1. The highest BCUT2D eigenvalue weighted by atomic mass is 16.5. The minimum atomic E-state index is -0.181. The monoisotopic (exact) mass is 286 g/mol. The van der Waals surface area contributed by atoms with Crippen LogP contribution < -0.4 is 5.32 Å². The number of aromatic nitrogens is 1. The summed E-state index contributed by atoms with van der Waals surface area (Å²) in [6.07, 6.45) is 0. The summed E-state index contributed by atoms with van der Waals surface area (Å²) in [4.78, 5) is 12.2. The van der Waals surface area contributed by atoms with E-state index in [-0.39, 0.29) is 11.3 Å². The van der Waals surface area contributed by atoms with Crippen molar-refractivity contribution in [3.8, 4) is 0 Å². The zero-order valence-corrected chi connectivity index (χ0v) is 13.2. The number of amides is 1. The van der Waals surface area contributed by atoms with Crippen LogP contribution in [0.1, 0.15) is 62.2 Å². The minimum absolute atomic E-state index is 0.130. The molecule has 0 unspecified atom stereocenters. The molecule has 1 aromatic heterocycles. The Morgan fingerprint density at radius 2 is 1.81 bits per heavy atom. The summed E-state index contributed by atoms with van der Waals surface area (Å²) in [7, 11) is 0. The van der Waals surface area contributed by atoms with Gasteiger partial charge in [0.2, 0.25) is 0 Å². The second-order valence-corrected chi connectivity index (χ2v) is 6.56. The van der Waals surface area contributed by atoms with Crippen LogP contribution in [0.5, 0.6) is 0 Å². The third-order valence-corrected chi connectivity index (χ3v) is 3.33. The zero-order valence-electron chi connectivity index (χ0n) is 13.2. The highest BCUT2D eigenvalue weighted by molar-refractivity contribution is 6.03. The van der Waals surface area contributed by atoms with Crippen LogP contribution >= 0.6 is 0 Å². The van der Waals surface area contributed by atoms with Crippen LogP contribution in [0.2, 0.25) is 0 Å². The molecule has 0 fully saturated rings. The highest BCUT2D eigenvalue weighted by Crippen LogP contribution is 2.24. The Morgan fingerprint density at radius 3 is 2.29 bits per heavy atom. The Balaban J connectivity index is 2.09. The molecule has 2 rings (SSSR count). The second-order valence-electron chi connectivity index (χ2n) is 6.56. The van der Waals surface area contributed by atoms with E-state index in [4.69, 9.17) is 4.52 Å². The van der Waals surface area contributed by atoms with Gasteiger partial charge in [0, 0.05) is 17.0 Å². The number of nitrogens with one attached hydrogen (secondary N) is 1. The second kappa shape index (κ2) is 5.72. The molecule has 112 valence electrons. The molecule has 1 amide bonds. The quantitative estimate of drug-likeness (QED) is 0.912. The first-order chi connectivity index (χ1) is 9.77. The summed E-state index contributed by atoms with van der Waals surface area (Å²) >= 11 is 0. The molecule has 0 bridgehead atoms. The normalized spacial score (nSPS) is 11.7. The highest BCUT2D eigenvalue weighted by Gasteiger charge is 2.20. The number of anilines is 1. The van der Waals surface area contributed by atoms with Gasteiger partial charge in [0.05, 0.1) is 0 Å². The van der Waals surface area contributed by atoms with Gasteiger partial charge in [-0.1, -0.05) is 51.9 Å². The Bertz CT molecular complexity index is 619. The molecular weight excluding hydrogens is 264 g/mol. The van der Waals surface area contributed by atoms with Crippen LogP contribution in [0, 0.1) is 0 Å². The summed E-state index contributed by atoms with van der Waals surface area (Å²) in [5, 5.41) is 6.64. The summed E-state index contributed by atoms with van der Waals surface area (Å²) in [5.74, 6) is 1.46. The molecule has 0 spiro atoms. The molecule has 4 heteroatoms. The van der Waals surface area contributed by atoms with E-state index >= 15 is 0 Å². The van der Waals surface area contributed by atoms with E-state index in [2.05, 4.69) is 24.3 Å². The van der Waals surface area contributed by atoms with Gasteiger partial charge < -0.3 is 9.84 Å². The topological polar surface area (TPSA) is 55.1 Å². The fraction of sp³-hybridized carbons (Fsp3) is 0.412. The molecule has 2 aromatic rings. The van der Waals surface area contributed by atoms with Gasteiger partial charge in [-0.25, -0.2) is 0 Å². The average molecular weight is 286 g/mol. The minimum Gasteiger partial charge on any atom is -0.359 e. The van der Waals surface area contributed by atoms with Gasteiger partial charge in [-0.2, -0.15) is 0 Å². The van der Waals surface area contributed by atoms with Crippen molar-refractivity contribution in [1.29, 1.82) is 0 Å². The lowest BCUT2D eigenvalue weighted by atomic mass is 9.93. The van der Waals surface area contributed by atoms with Crippen LogP contribution in [-0.4, -0.2) is 11.1 Å². The summed E-state index contributed by atoms with van der Waals surface area (Å²) in [6.45, 7) is 10.3. The summed E-state index contributed by atoms with van der Waals surface area (Å²) in [5.41, 5.74) is 1.69. The van der Waals surface area contributed by atoms with Crippen molar-refractivity contribution < 1.29 is 9.32 Å². The standard InChI is InChI=1S/C17H22N2O2/c1-11(2)12-6-8-13(9-7-12)16(20)18-15-10-14(21-19-15)17(3,4)5/h6-11H,1-5H3,(H,18,19,20). The van der Waals surface area contributed by atoms with Gasteiger partial charge in [0.15, 0.2) is 5.82 Å². The molecule has 0 aliphatic heterocycles. The van der Waals surface area contributed by atoms with E-state index in [1.54, 1.807) is 6.07 Å². The number of hydrogen-bond donors (Lipinski definition) is 1. The van der Waals surface area contributed by atoms with E-state index < -0.39 is 0 Å². The number of benzene rings is 1. The van der Waals surface area contributed by atoms with Gasteiger partial charge in [-0.3, -0.25) is 4.79 Å². The lowest BCUT2D eigenvalue weighted by molar-refractivity contribution is 0.102. The molecule has 21 heavy (non-hydrogen) atoms. The third-order valence-electron chi connectivity index (χ3n) is 3.33. The van der Waals surface area contributed by atoms with E-state index in [1.165, 1.54) is 5.56 Å².